The van der Waals surface area contributed by atoms with Gasteiger partial charge in [-0.3, -0.25) is 14.1 Å². The van der Waals surface area contributed by atoms with E-state index in [-0.39, 0.29) is 17.5 Å². The van der Waals surface area contributed by atoms with E-state index < -0.39 is 10.0 Å². The van der Waals surface area contributed by atoms with Crippen molar-refractivity contribution in [3.8, 4) is 0 Å². The Balaban J connectivity index is 2.08. The number of likely N-dealkylation sites (N-methyl/N-ethyl adjacent to an activating group) is 1. The van der Waals surface area contributed by atoms with Crippen molar-refractivity contribution in [2.45, 2.75) is 6.42 Å². The van der Waals surface area contributed by atoms with E-state index >= 15 is 0 Å². The fourth-order valence-corrected chi connectivity index (χ4v) is 3.40. The van der Waals surface area contributed by atoms with Crippen LogP contribution in [0, 0.1) is 0 Å². The Hall–Kier alpha value is -2.12. The maximum absolute atomic E-state index is 12.5. The van der Waals surface area contributed by atoms with Crippen LogP contribution >= 0.6 is 11.6 Å². The van der Waals surface area contributed by atoms with Crippen molar-refractivity contribution in [3.63, 3.8) is 0 Å². The summed E-state index contributed by atoms with van der Waals surface area (Å²) in [6.07, 6.45) is 5.11. The maximum atomic E-state index is 12.5. The number of nitrogens with zero attached hydrogens (tertiary/aromatic N) is 3. The van der Waals surface area contributed by atoms with E-state index in [0.717, 1.165) is 16.1 Å². The minimum atomic E-state index is -3.64. The molecule has 1 aromatic carbocycles. The molecule has 0 saturated carbocycles. The van der Waals surface area contributed by atoms with Crippen LogP contribution in [0.15, 0.2) is 48.8 Å². The molecule has 25 heavy (non-hydrogen) atoms. The van der Waals surface area contributed by atoms with Crippen molar-refractivity contribution < 1.29 is 13.2 Å². The van der Waals surface area contributed by atoms with Crippen LogP contribution < -0.4 is 4.31 Å². The molecule has 0 saturated heterocycles. The topological polar surface area (TPSA) is 70.6 Å². The summed E-state index contributed by atoms with van der Waals surface area (Å²) in [6, 6.07) is 10.3. The summed E-state index contributed by atoms with van der Waals surface area (Å²) in [5, 5.41) is 0.278. The SMILES string of the molecule is CN(CCc1ccncc1)C(=O)CN(c1ccccc1Cl)S(C)(=O)=O. The van der Waals surface area contributed by atoms with Gasteiger partial charge >= 0.3 is 0 Å². The minimum Gasteiger partial charge on any atom is -0.344 e. The molecule has 1 aromatic heterocycles. The molecule has 0 aliphatic heterocycles. The molecule has 0 unspecified atom stereocenters. The quantitative estimate of drug-likeness (QED) is 0.737. The lowest BCUT2D eigenvalue weighted by molar-refractivity contribution is -0.128. The standard InChI is InChI=1S/C17H20ClN3O3S/c1-20(12-9-14-7-10-19-11-8-14)17(22)13-21(25(2,23)24)16-6-4-3-5-15(16)18/h3-8,10-11H,9,12-13H2,1-2H3. The Labute approximate surface area is 153 Å². The van der Waals surface area contributed by atoms with Crippen LogP contribution in [0.1, 0.15) is 5.56 Å². The number of aromatic nitrogens is 1. The molecule has 2 rings (SSSR count). The van der Waals surface area contributed by atoms with Crippen LogP contribution in [-0.2, 0) is 21.2 Å². The highest BCUT2D eigenvalue weighted by Crippen LogP contribution is 2.27. The number of benzene rings is 1. The largest absolute Gasteiger partial charge is 0.344 e. The zero-order valence-corrected chi connectivity index (χ0v) is 15.7. The van der Waals surface area contributed by atoms with Crippen LogP contribution in [0.2, 0.25) is 5.02 Å². The molecular formula is C17H20ClN3O3S. The summed E-state index contributed by atoms with van der Waals surface area (Å²) in [5.74, 6) is -0.306. The van der Waals surface area contributed by atoms with Crippen molar-refractivity contribution in [3.05, 3.63) is 59.4 Å². The van der Waals surface area contributed by atoms with Gasteiger partial charge in [-0.15, -0.1) is 0 Å². The van der Waals surface area contributed by atoms with E-state index in [1.807, 2.05) is 12.1 Å². The summed E-state index contributed by atoms with van der Waals surface area (Å²) in [4.78, 5) is 17.9. The highest BCUT2D eigenvalue weighted by Gasteiger charge is 2.24. The number of hydrogen-bond donors (Lipinski definition) is 0. The molecule has 0 bridgehead atoms. The molecule has 0 atom stereocenters. The number of carbonyl (C=O) groups excluding carboxylic acids is 1. The Bertz CT molecular complexity index is 828. The summed E-state index contributed by atoms with van der Waals surface area (Å²) < 4.78 is 25.3. The maximum Gasteiger partial charge on any atom is 0.243 e. The van der Waals surface area contributed by atoms with Gasteiger partial charge in [0, 0.05) is 26.0 Å². The van der Waals surface area contributed by atoms with Gasteiger partial charge in [0.05, 0.1) is 17.0 Å². The van der Waals surface area contributed by atoms with Crippen molar-refractivity contribution in [1.82, 2.24) is 9.88 Å². The monoisotopic (exact) mass is 381 g/mol. The van der Waals surface area contributed by atoms with Gasteiger partial charge in [0.15, 0.2) is 0 Å². The van der Waals surface area contributed by atoms with Crippen LogP contribution in [0.4, 0.5) is 5.69 Å². The number of amides is 1. The smallest absolute Gasteiger partial charge is 0.243 e. The average molecular weight is 382 g/mol. The Morgan fingerprint density at radius 2 is 1.80 bits per heavy atom. The van der Waals surface area contributed by atoms with Gasteiger partial charge in [0.2, 0.25) is 15.9 Å². The molecule has 1 heterocycles. The molecule has 6 nitrogen and oxygen atoms in total. The van der Waals surface area contributed by atoms with Crippen molar-refractivity contribution in [2.24, 2.45) is 0 Å². The molecule has 1 amide bonds. The zero-order valence-electron chi connectivity index (χ0n) is 14.1. The van der Waals surface area contributed by atoms with E-state index in [1.54, 1.807) is 43.7 Å². The van der Waals surface area contributed by atoms with E-state index in [4.69, 9.17) is 11.6 Å². The van der Waals surface area contributed by atoms with Crippen LogP contribution in [0.25, 0.3) is 0 Å². The first-order valence-corrected chi connectivity index (χ1v) is 9.87. The van der Waals surface area contributed by atoms with E-state index in [2.05, 4.69) is 4.98 Å². The molecule has 0 N–H and O–H groups in total. The van der Waals surface area contributed by atoms with Gasteiger partial charge in [0.1, 0.15) is 6.54 Å². The molecule has 2 aromatic rings. The molecule has 0 spiro atoms. The van der Waals surface area contributed by atoms with Gasteiger partial charge < -0.3 is 4.90 Å². The van der Waals surface area contributed by atoms with Crippen molar-refractivity contribution in [1.29, 1.82) is 0 Å². The van der Waals surface area contributed by atoms with Gasteiger partial charge in [-0.05, 0) is 36.2 Å². The van der Waals surface area contributed by atoms with Gasteiger partial charge in [-0.2, -0.15) is 0 Å². The highest BCUT2D eigenvalue weighted by molar-refractivity contribution is 7.92. The molecule has 134 valence electrons. The predicted molar refractivity (Wildman–Crippen MR) is 99.2 cm³/mol. The minimum absolute atomic E-state index is 0.278. The van der Waals surface area contributed by atoms with Crippen LogP contribution in [-0.4, -0.2) is 50.6 Å². The Morgan fingerprint density at radius 1 is 1.16 bits per heavy atom. The molecule has 8 heteroatoms. The first-order valence-electron chi connectivity index (χ1n) is 7.64. The van der Waals surface area contributed by atoms with Crippen molar-refractivity contribution >= 4 is 33.2 Å². The average Bonchev–Trinajstić information content (AvgIpc) is 2.58. The predicted octanol–water partition coefficient (Wildman–Crippen LogP) is 2.20. The summed E-state index contributed by atoms with van der Waals surface area (Å²) in [5.41, 5.74) is 1.35. The Kier molecular flexibility index (Phi) is 6.39. The third kappa shape index (κ3) is 5.44. The van der Waals surface area contributed by atoms with Gasteiger partial charge in [-0.1, -0.05) is 23.7 Å². The fourth-order valence-electron chi connectivity index (χ4n) is 2.25. The van der Waals surface area contributed by atoms with Crippen molar-refractivity contribution in [2.75, 3.05) is 30.7 Å². The molecule has 0 fully saturated rings. The van der Waals surface area contributed by atoms with E-state index in [0.29, 0.717) is 18.7 Å². The highest BCUT2D eigenvalue weighted by atomic mass is 35.5. The summed E-state index contributed by atoms with van der Waals surface area (Å²) in [7, 11) is -1.99. The van der Waals surface area contributed by atoms with Gasteiger partial charge in [-0.25, -0.2) is 8.42 Å². The van der Waals surface area contributed by atoms with E-state index in [1.165, 1.54) is 4.90 Å². The molecular weight excluding hydrogens is 362 g/mol. The number of carbonyl (C=O) groups is 1. The number of rotatable bonds is 7. The second kappa shape index (κ2) is 8.31. The lowest BCUT2D eigenvalue weighted by atomic mass is 10.2. The van der Waals surface area contributed by atoms with E-state index in [9.17, 15) is 13.2 Å². The number of pyridine rings is 1. The summed E-state index contributed by atoms with van der Waals surface area (Å²) >= 11 is 6.09. The Morgan fingerprint density at radius 3 is 2.40 bits per heavy atom. The lowest BCUT2D eigenvalue weighted by Gasteiger charge is -2.25. The third-order valence-electron chi connectivity index (χ3n) is 3.71. The number of halogens is 1. The molecule has 0 aliphatic carbocycles. The number of sulfonamides is 1. The number of para-hydroxylation sites is 1. The number of hydrogen-bond acceptors (Lipinski definition) is 4. The zero-order chi connectivity index (χ0) is 18.4. The summed E-state index contributed by atoms with van der Waals surface area (Å²) in [6.45, 7) is 0.179. The number of anilines is 1. The first-order chi connectivity index (χ1) is 11.8. The third-order valence-corrected chi connectivity index (χ3v) is 5.16. The fraction of sp³-hybridized carbons (Fsp3) is 0.294. The second-order valence-electron chi connectivity index (χ2n) is 5.64. The molecule has 0 aliphatic rings. The molecule has 0 radical (unpaired) electrons. The first kappa shape index (κ1) is 19.2. The van der Waals surface area contributed by atoms with Crippen LogP contribution in [0.5, 0.6) is 0 Å². The lowest BCUT2D eigenvalue weighted by Crippen LogP contribution is -2.42. The van der Waals surface area contributed by atoms with Crippen LogP contribution in [0.3, 0.4) is 0 Å². The second-order valence-corrected chi connectivity index (χ2v) is 7.96. The normalized spacial score (nSPS) is 11.2. The van der Waals surface area contributed by atoms with Gasteiger partial charge in [0.25, 0.3) is 0 Å².